The number of anilines is 1. The summed E-state index contributed by atoms with van der Waals surface area (Å²) >= 11 is 17.9. The van der Waals surface area contributed by atoms with Crippen LogP contribution in [-0.2, 0) is 4.79 Å². The van der Waals surface area contributed by atoms with Gasteiger partial charge in [-0.15, -0.1) is 0 Å². The van der Waals surface area contributed by atoms with E-state index in [2.05, 4.69) is 27.7 Å². The van der Waals surface area contributed by atoms with Crippen LogP contribution in [0.3, 0.4) is 0 Å². The number of ether oxygens (including phenoxy) is 2. The van der Waals surface area contributed by atoms with Crippen molar-refractivity contribution in [2.45, 2.75) is 50.7 Å². The lowest BCUT2D eigenvalue weighted by Gasteiger charge is -2.43. The molecule has 0 spiro atoms. The number of aliphatic hydroxyl groups excluding tert-OH is 1. The summed E-state index contributed by atoms with van der Waals surface area (Å²) in [6, 6.07) is 9.16. The summed E-state index contributed by atoms with van der Waals surface area (Å²) in [6.07, 6.45) is 8.49. The van der Waals surface area contributed by atoms with E-state index in [0.29, 0.717) is 39.3 Å². The molecule has 2 aromatic carbocycles. The number of likely N-dealkylation sites (tertiary alicyclic amines) is 1. The molecule has 13 heteroatoms. The Hall–Kier alpha value is -3.09. The van der Waals surface area contributed by atoms with Crippen molar-refractivity contribution in [3.05, 3.63) is 63.7 Å². The molecule has 1 fully saturated rings. The summed E-state index contributed by atoms with van der Waals surface area (Å²) < 4.78 is 11.0. The number of rotatable bonds is 12. The summed E-state index contributed by atoms with van der Waals surface area (Å²) in [7, 11) is 3.25. The number of hydrazone groups is 1. The second-order valence-electron chi connectivity index (χ2n) is 12.2. The van der Waals surface area contributed by atoms with Gasteiger partial charge in [0.15, 0.2) is 16.6 Å². The van der Waals surface area contributed by atoms with E-state index in [4.69, 9.17) is 55.7 Å². The zero-order valence-electron chi connectivity index (χ0n) is 26.9. The fraction of sp³-hybridized carbons (Fsp3) is 0.500. The van der Waals surface area contributed by atoms with Crippen molar-refractivity contribution in [2.24, 2.45) is 16.9 Å². The van der Waals surface area contributed by atoms with Gasteiger partial charge in [0, 0.05) is 37.7 Å². The Bertz CT molecular complexity index is 1480. The van der Waals surface area contributed by atoms with Crippen molar-refractivity contribution in [1.29, 1.82) is 0 Å². The lowest BCUT2D eigenvalue weighted by atomic mass is 9.76. The van der Waals surface area contributed by atoms with E-state index in [-0.39, 0.29) is 23.8 Å². The van der Waals surface area contributed by atoms with E-state index < -0.39 is 6.10 Å². The maximum absolute atomic E-state index is 13.7. The predicted molar refractivity (Wildman–Crippen MR) is 191 cm³/mol. The van der Waals surface area contributed by atoms with Gasteiger partial charge in [0.2, 0.25) is 5.91 Å². The van der Waals surface area contributed by atoms with Crippen molar-refractivity contribution in [1.82, 2.24) is 20.5 Å². The number of fused-ring (bicyclic) bond motifs is 1. The molecule has 3 atom stereocenters. The monoisotopic (exact) mass is 702 g/mol. The first kappa shape index (κ1) is 35.2. The molecule has 2 aliphatic heterocycles. The number of nitrogens with two attached hydrogens (primary N) is 1. The second-order valence-corrected chi connectivity index (χ2v) is 13.4. The van der Waals surface area contributed by atoms with Gasteiger partial charge >= 0.3 is 0 Å². The lowest BCUT2D eigenvalue weighted by Crippen LogP contribution is -2.53. The second kappa shape index (κ2) is 16.3. The van der Waals surface area contributed by atoms with Crippen molar-refractivity contribution in [3.8, 4) is 11.5 Å². The maximum atomic E-state index is 13.7. The molecule has 5 N–H and O–H groups in total. The molecule has 2 heterocycles. The van der Waals surface area contributed by atoms with E-state index in [1.165, 1.54) is 0 Å². The van der Waals surface area contributed by atoms with Crippen LogP contribution in [0.4, 0.5) is 5.69 Å². The Labute approximate surface area is 292 Å². The van der Waals surface area contributed by atoms with Gasteiger partial charge in [-0.3, -0.25) is 4.79 Å². The number of unbranched alkanes of at least 4 members (excludes halogenated alkanes) is 1. The third-order valence-corrected chi connectivity index (χ3v) is 10.2. The van der Waals surface area contributed by atoms with Crippen molar-refractivity contribution in [2.75, 3.05) is 52.7 Å². The Morgan fingerprint density at radius 1 is 1.04 bits per heavy atom. The molecule has 47 heavy (non-hydrogen) atoms. The minimum atomic E-state index is -0.733. The number of methoxy groups -OCH3 is 2. The summed E-state index contributed by atoms with van der Waals surface area (Å²) in [5.74, 6) is 1.35. The summed E-state index contributed by atoms with van der Waals surface area (Å²) in [5, 5.41) is 25.3. The Kier molecular flexibility index (Phi) is 12.2. The average Bonchev–Trinajstić information content (AvgIpc) is 3.09. The van der Waals surface area contributed by atoms with E-state index in [0.717, 1.165) is 81.1 Å². The van der Waals surface area contributed by atoms with Gasteiger partial charge in [-0.2, -0.15) is 5.10 Å². The van der Waals surface area contributed by atoms with Crippen molar-refractivity contribution < 1.29 is 19.4 Å². The van der Waals surface area contributed by atoms with Crippen LogP contribution in [0.5, 0.6) is 11.5 Å². The molecule has 1 amide bonds. The number of carbonyl (C=O) groups is 1. The van der Waals surface area contributed by atoms with E-state index in [1.54, 1.807) is 31.4 Å². The molecule has 1 unspecified atom stereocenters. The van der Waals surface area contributed by atoms with Crippen LogP contribution in [-0.4, -0.2) is 84.7 Å². The third-order valence-electron chi connectivity index (χ3n) is 9.20. The first-order chi connectivity index (χ1) is 22.7. The number of allylic oxidation sites excluding steroid dienone is 2. The van der Waals surface area contributed by atoms with Gasteiger partial charge in [-0.25, -0.2) is 5.01 Å². The number of benzene rings is 2. The number of thiocarbonyl (C=S) groups is 1. The number of nitrogens with zero attached hydrogens (tertiary/aromatic N) is 3. The summed E-state index contributed by atoms with van der Waals surface area (Å²) in [5.41, 5.74) is 8.61. The number of amides is 1. The molecule has 10 nitrogen and oxygen atoms in total. The number of halogens is 2. The highest BCUT2D eigenvalue weighted by atomic mass is 35.5. The molecule has 254 valence electrons. The zero-order chi connectivity index (χ0) is 33.5. The molecule has 1 aliphatic carbocycles. The van der Waals surface area contributed by atoms with Crippen molar-refractivity contribution >= 4 is 57.8 Å². The molecule has 2 aromatic rings. The standard InChI is InChI=1S/C34H44Cl2N6O4S/c1-45-29-10-9-21(19-30(29)46-2)32-24-7-3-4-8-25(24)33(44)42(40-32)23-11-15-41(16-12-23)34(47)39-14-6-5-13-38-20-28(43)22-17-26(35)31(37)27(36)18-22/h3-4,9-10,17-19,23-25,28,38,43H,5-8,11-16,20,37H2,1-2H3,(H,39,47)/t24-,25+,28?/m0/s1. The first-order valence-electron chi connectivity index (χ1n) is 16.2. The zero-order valence-corrected chi connectivity index (χ0v) is 29.2. The first-order valence-corrected chi connectivity index (χ1v) is 17.3. The minimum Gasteiger partial charge on any atom is -0.493 e. The number of hydrogen-bond donors (Lipinski definition) is 4. The van der Waals surface area contributed by atoms with Crippen LogP contribution in [0.15, 0.2) is 47.6 Å². The lowest BCUT2D eigenvalue weighted by molar-refractivity contribution is -0.141. The van der Waals surface area contributed by atoms with Crippen LogP contribution in [0.1, 0.15) is 55.8 Å². The van der Waals surface area contributed by atoms with Gasteiger partial charge in [-0.1, -0.05) is 35.4 Å². The van der Waals surface area contributed by atoms with Crippen molar-refractivity contribution in [3.63, 3.8) is 0 Å². The molecule has 3 aliphatic rings. The molecule has 0 bridgehead atoms. The number of aliphatic hydroxyl groups is 1. The van der Waals surface area contributed by atoms with Gasteiger partial charge in [0.25, 0.3) is 0 Å². The molecule has 0 saturated carbocycles. The smallest absolute Gasteiger partial charge is 0.247 e. The molecular formula is C34H44Cl2N6O4S. The molecule has 5 rings (SSSR count). The fourth-order valence-corrected chi connectivity index (χ4v) is 7.26. The molecule has 1 saturated heterocycles. The van der Waals surface area contributed by atoms with E-state index in [1.807, 2.05) is 18.2 Å². The number of hydrogen-bond acceptors (Lipinski definition) is 8. The number of carbonyl (C=O) groups excluding carboxylic acids is 1. The predicted octanol–water partition coefficient (Wildman–Crippen LogP) is 5.16. The summed E-state index contributed by atoms with van der Waals surface area (Å²) in [6.45, 7) is 3.41. The van der Waals surface area contributed by atoms with Crippen LogP contribution in [0, 0.1) is 11.8 Å². The third kappa shape index (κ3) is 8.32. The topological polar surface area (TPSA) is 125 Å². The van der Waals surface area contributed by atoms with Gasteiger partial charge in [0.1, 0.15) is 0 Å². The fourth-order valence-electron chi connectivity index (χ4n) is 6.48. The van der Waals surface area contributed by atoms with E-state index in [9.17, 15) is 9.90 Å². The quantitative estimate of drug-likeness (QED) is 0.103. The number of nitrogen functional groups attached to an aromatic ring is 1. The Morgan fingerprint density at radius 2 is 1.70 bits per heavy atom. The maximum Gasteiger partial charge on any atom is 0.247 e. The van der Waals surface area contributed by atoms with Crippen LogP contribution in [0.25, 0.3) is 0 Å². The number of nitrogens with one attached hydrogen (secondary N) is 2. The Balaban J connectivity index is 1.08. The highest BCUT2D eigenvalue weighted by Gasteiger charge is 2.43. The molecular weight excluding hydrogens is 659 g/mol. The van der Waals surface area contributed by atoms with E-state index >= 15 is 0 Å². The highest BCUT2D eigenvalue weighted by molar-refractivity contribution is 7.80. The van der Waals surface area contributed by atoms with Crippen LogP contribution >= 0.6 is 35.4 Å². The molecule has 0 radical (unpaired) electrons. The SMILES string of the molecule is COc1ccc(C2=NN(C3CCN(C(=S)NCCCCNCC(O)c4cc(Cl)c(N)c(Cl)c4)CC3)C(=O)[C@@H]3CC=CC[C@H]23)cc1OC. The van der Waals surface area contributed by atoms with Gasteiger partial charge in [0.05, 0.1) is 53.7 Å². The largest absolute Gasteiger partial charge is 0.493 e. The van der Waals surface area contributed by atoms with Crippen LogP contribution < -0.4 is 25.8 Å². The Morgan fingerprint density at radius 3 is 2.38 bits per heavy atom. The average molecular weight is 704 g/mol. The molecule has 0 aromatic heterocycles. The highest BCUT2D eigenvalue weighted by Crippen LogP contribution is 2.38. The van der Waals surface area contributed by atoms with Gasteiger partial charge < -0.3 is 35.8 Å². The summed E-state index contributed by atoms with van der Waals surface area (Å²) in [4.78, 5) is 15.9. The minimum absolute atomic E-state index is 0.0188. The normalized spacial score (nSPS) is 20.4. The number of piperidine rings is 1. The van der Waals surface area contributed by atoms with Crippen LogP contribution in [0.2, 0.25) is 10.0 Å². The van der Waals surface area contributed by atoms with Gasteiger partial charge in [-0.05, 0) is 93.2 Å².